The summed E-state index contributed by atoms with van der Waals surface area (Å²) in [5.41, 5.74) is 12.2. The summed E-state index contributed by atoms with van der Waals surface area (Å²) in [6, 6.07) is 10.2. The van der Waals surface area contributed by atoms with Crippen LogP contribution in [-0.2, 0) is 10.2 Å². The molecule has 5 aliphatic heterocycles. The minimum Gasteiger partial charge on any atom is -0.492 e. The summed E-state index contributed by atoms with van der Waals surface area (Å²) in [6.45, 7) is 4.04. The van der Waals surface area contributed by atoms with Gasteiger partial charge in [0, 0.05) is 17.8 Å². The van der Waals surface area contributed by atoms with Gasteiger partial charge in [-0.25, -0.2) is 14.8 Å². The van der Waals surface area contributed by atoms with Crippen LogP contribution in [0.15, 0.2) is 58.5 Å². The van der Waals surface area contributed by atoms with Gasteiger partial charge in [-0.15, -0.1) is 0 Å². The highest BCUT2D eigenvalue weighted by atomic mass is 16.5. The molecule has 2 aromatic rings. The average molecular weight is 618 g/mol. The van der Waals surface area contributed by atoms with E-state index in [2.05, 4.69) is 34.5 Å². The summed E-state index contributed by atoms with van der Waals surface area (Å²) in [7, 11) is 0. The molecular weight excluding hydrogens is 582 g/mol. The second-order valence-corrected chi connectivity index (χ2v) is 12.6. The number of aliphatic hydroxyl groups is 2. The fraction of sp³-hybridized carbons (Fsp3) is 0.433. The molecule has 45 heavy (non-hydrogen) atoms. The molecule has 1 spiro atoms. The molecule has 15 nitrogen and oxygen atoms in total. The number of carbonyl (C=O) groups excluding carboxylic acids is 3. The number of urea groups is 1. The molecule has 3 unspecified atom stereocenters. The number of hydrogen-bond donors (Lipinski definition) is 6. The van der Waals surface area contributed by atoms with E-state index in [0.29, 0.717) is 18.0 Å². The van der Waals surface area contributed by atoms with Crippen LogP contribution in [0.2, 0.25) is 0 Å². The van der Waals surface area contributed by atoms with Crippen molar-refractivity contribution in [2.45, 2.75) is 55.3 Å². The molecule has 0 saturated carbocycles. The molecule has 4 amide bonds. The van der Waals surface area contributed by atoms with Gasteiger partial charge in [0.05, 0.1) is 24.8 Å². The van der Waals surface area contributed by atoms with Crippen molar-refractivity contribution < 1.29 is 29.3 Å². The molecule has 5 aliphatic rings. The number of rotatable bonds is 5. The van der Waals surface area contributed by atoms with E-state index in [1.807, 2.05) is 6.07 Å². The molecule has 8 N–H and O–H groups in total. The highest BCUT2D eigenvalue weighted by Crippen LogP contribution is 2.46. The fourth-order valence-electron chi connectivity index (χ4n) is 7.14. The normalized spacial score (nSPS) is 29.2. The lowest BCUT2D eigenvalue weighted by atomic mass is 9.79. The number of nitrogens with two attached hydrogens (primary N) is 2. The summed E-state index contributed by atoms with van der Waals surface area (Å²) < 4.78 is 5.91. The molecule has 0 aromatic heterocycles. The van der Waals surface area contributed by atoms with Crippen LogP contribution in [0.1, 0.15) is 36.2 Å². The molecular formula is C30H35N9O6. The Morgan fingerprint density at radius 1 is 1.11 bits per heavy atom. The Kier molecular flexibility index (Phi) is 6.29. The maximum Gasteiger partial charge on any atom is 0.331 e. The Morgan fingerprint density at radius 3 is 2.62 bits per heavy atom. The molecule has 0 radical (unpaired) electrons. The van der Waals surface area contributed by atoms with Crippen molar-refractivity contribution in [1.82, 2.24) is 20.4 Å². The first-order valence-electron chi connectivity index (χ1n) is 14.8. The Labute approximate surface area is 258 Å². The van der Waals surface area contributed by atoms with Gasteiger partial charge in [0.2, 0.25) is 5.79 Å². The van der Waals surface area contributed by atoms with Crippen LogP contribution in [0.3, 0.4) is 0 Å². The molecule has 0 bridgehead atoms. The van der Waals surface area contributed by atoms with Crippen molar-refractivity contribution in [3.8, 4) is 5.75 Å². The summed E-state index contributed by atoms with van der Waals surface area (Å²) in [5, 5.41) is 29.3. The zero-order valence-corrected chi connectivity index (χ0v) is 24.8. The molecule has 2 saturated heterocycles. The molecule has 0 aliphatic carbocycles. The van der Waals surface area contributed by atoms with Gasteiger partial charge in [-0.05, 0) is 30.0 Å². The topological polar surface area (TPSA) is 211 Å². The molecule has 4 atom stereocenters. The third-order valence-corrected chi connectivity index (χ3v) is 9.56. The second kappa shape index (κ2) is 9.81. The van der Waals surface area contributed by atoms with Gasteiger partial charge in [-0.3, -0.25) is 19.4 Å². The van der Waals surface area contributed by atoms with Crippen molar-refractivity contribution in [2.24, 2.45) is 21.5 Å². The minimum atomic E-state index is -2.69. The Morgan fingerprint density at radius 2 is 1.87 bits per heavy atom. The quantitative estimate of drug-likeness (QED) is 0.178. The summed E-state index contributed by atoms with van der Waals surface area (Å²) in [6.07, 6.45) is 0.786. The lowest BCUT2D eigenvalue weighted by Crippen LogP contribution is -2.78. The monoisotopic (exact) mass is 617 g/mol. The summed E-state index contributed by atoms with van der Waals surface area (Å²) in [4.78, 5) is 52.8. The van der Waals surface area contributed by atoms with Gasteiger partial charge in [-0.1, -0.05) is 44.2 Å². The minimum absolute atomic E-state index is 0.0981. The number of benzene rings is 2. The largest absolute Gasteiger partial charge is 0.492 e. The van der Waals surface area contributed by atoms with Crippen LogP contribution in [0, 0.1) is 0 Å². The molecule has 2 fully saturated rings. The fourth-order valence-corrected chi connectivity index (χ4v) is 7.14. The van der Waals surface area contributed by atoms with E-state index in [4.69, 9.17) is 16.2 Å². The maximum absolute atomic E-state index is 13.7. The first-order chi connectivity index (χ1) is 21.3. The first kappa shape index (κ1) is 28.9. The van der Waals surface area contributed by atoms with E-state index in [9.17, 15) is 24.6 Å². The van der Waals surface area contributed by atoms with Crippen molar-refractivity contribution in [2.75, 3.05) is 31.1 Å². The van der Waals surface area contributed by atoms with Gasteiger partial charge in [0.1, 0.15) is 24.4 Å². The third-order valence-electron chi connectivity index (χ3n) is 9.56. The van der Waals surface area contributed by atoms with Gasteiger partial charge in [0.25, 0.3) is 11.8 Å². The van der Waals surface area contributed by atoms with E-state index in [1.54, 1.807) is 42.5 Å². The van der Waals surface area contributed by atoms with Crippen LogP contribution < -0.4 is 31.7 Å². The number of ether oxygens (including phenoxy) is 1. The first-order valence-corrected chi connectivity index (χ1v) is 14.8. The maximum atomic E-state index is 13.7. The van der Waals surface area contributed by atoms with Crippen LogP contribution in [-0.4, -0.2) is 106 Å². The Bertz CT molecular complexity index is 1660. The standard InChI is InChI=1S/C30H35N9O6/c1-28(2)11-12-45-22-17(9-6-10-18(22)28)24(41)34-20-14-39-26(32)33-19(23-29(39,30(20,43)44)36-25(31)35-23)13-38-21(40)15-37(27(38)42)16-7-4-3-5-8-16/h3-10,19-20,23,43-44H,11-15H2,1-2H3,(H2,32,33)(H,34,41)(H3,31,35,36)/t19-,20?,23?,29?/m0/s1. The number of aliphatic imine (C=N–C) groups is 2. The predicted molar refractivity (Wildman–Crippen MR) is 162 cm³/mol. The highest BCUT2D eigenvalue weighted by molar-refractivity contribution is 6.12. The Hall–Kier alpha value is -4.89. The SMILES string of the molecule is CC1(C)CCOc2c(C(=O)NC3CN4C(N)=N[C@@H](CN5C(=O)CN(c6ccccc6)C5=O)C5N=C(N)NC54C3(O)O)cccc21. The number of fused-ring (bicyclic) bond motifs is 1. The molecule has 236 valence electrons. The van der Waals surface area contributed by atoms with Gasteiger partial charge in [-0.2, -0.15) is 0 Å². The van der Waals surface area contributed by atoms with Gasteiger partial charge in [0.15, 0.2) is 17.6 Å². The van der Waals surface area contributed by atoms with E-state index >= 15 is 0 Å². The van der Waals surface area contributed by atoms with Gasteiger partial charge >= 0.3 is 6.03 Å². The number of guanidine groups is 2. The molecule has 5 heterocycles. The smallest absolute Gasteiger partial charge is 0.331 e. The number of anilines is 1. The number of imide groups is 1. The molecule has 2 aromatic carbocycles. The molecule has 15 heteroatoms. The predicted octanol–water partition coefficient (Wildman–Crippen LogP) is -1.01. The highest BCUT2D eigenvalue weighted by Gasteiger charge is 2.73. The van der Waals surface area contributed by atoms with E-state index < -0.39 is 47.4 Å². The van der Waals surface area contributed by atoms with Crippen LogP contribution in [0.5, 0.6) is 5.75 Å². The van der Waals surface area contributed by atoms with E-state index in [-0.39, 0.29) is 42.5 Å². The number of para-hydroxylation sites is 2. The zero-order chi connectivity index (χ0) is 31.9. The number of nitrogens with one attached hydrogen (secondary N) is 2. The third kappa shape index (κ3) is 4.14. The van der Waals surface area contributed by atoms with Crippen molar-refractivity contribution in [3.63, 3.8) is 0 Å². The van der Waals surface area contributed by atoms with Crippen molar-refractivity contribution >= 4 is 35.5 Å². The van der Waals surface area contributed by atoms with Crippen molar-refractivity contribution in [1.29, 1.82) is 0 Å². The van der Waals surface area contributed by atoms with E-state index in [0.717, 1.165) is 16.9 Å². The summed E-state index contributed by atoms with van der Waals surface area (Å²) >= 11 is 0. The zero-order valence-electron chi connectivity index (χ0n) is 24.8. The number of amides is 4. The lowest BCUT2D eigenvalue weighted by molar-refractivity contribution is -0.230. The van der Waals surface area contributed by atoms with Crippen molar-refractivity contribution in [3.05, 3.63) is 59.7 Å². The van der Waals surface area contributed by atoms with Gasteiger partial charge < -0.3 is 42.0 Å². The van der Waals surface area contributed by atoms with E-state index in [1.165, 1.54) is 9.80 Å². The summed E-state index contributed by atoms with van der Waals surface area (Å²) in [5.74, 6) is -3.47. The molecule has 7 rings (SSSR count). The second-order valence-electron chi connectivity index (χ2n) is 12.6. The van der Waals surface area contributed by atoms with Crippen LogP contribution in [0.25, 0.3) is 0 Å². The Balaban J connectivity index is 1.17. The number of carbonyl (C=O) groups is 3. The lowest BCUT2D eigenvalue weighted by Gasteiger charge is -2.49. The van der Waals surface area contributed by atoms with Crippen LogP contribution in [0.4, 0.5) is 10.5 Å². The number of nitrogens with zero attached hydrogens (tertiary/aromatic N) is 5. The van der Waals surface area contributed by atoms with Crippen LogP contribution >= 0.6 is 0 Å². The average Bonchev–Trinajstić information content (AvgIpc) is 3.58. The number of hydrogen-bond acceptors (Lipinski definition) is 12.